The van der Waals surface area contributed by atoms with Gasteiger partial charge in [-0.3, -0.25) is 19.4 Å². The molecule has 4 atom stereocenters. The largest absolute Gasteiger partial charge is 0.340 e. The van der Waals surface area contributed by atoms with Crippen LogP contribution >= 0.6 is 0 Å². The van der Waals surface area contributed by atoms with Crippen molar-refractivity contribution >= 4 is 11.8 Å². The number of carbonyl (C=O) groups excluding carboxylic acids is 2. The summed E-state index contributed by atoms with van der Waals surface area (Å²) in [5.74, 6) is 0.779. The third-order valence-electron chi connectivity index (χ3n) is 7.94. The minimum Gasteiger partial charge on any atom is -0.340 e. The van der Waals surface area contributed by atoms with Crippen LogP contribution in [0.25, 0.3) is 0 Å². The van der Waals surface area contributed by atoms with Crippen molar-refractivity contribution in [1.29, 1.82) is 10.5 Å². The van der Waals surface area contributed by atoms with E-state index in [0.717, 1.165) is 45.4 Å². The summed E-state index contributed by atoms with van der Waals surface area (Å²) in [6.45, 7) is 13.9. The number of amides is 2. The molecular weight excluding hydrogens is 428 g/mol. The Bertz CT molecular complexity index is 720. The lowest BCUT2D eigenvalue weighted by atomic mass is 9.79. The highest BCUT2D eigenvalue weighted by molar-refractivity contribution is 5.82. The van der Waals surface area contributed by atoms with Gasteiger partial charge in [0.25, 0.3) is 0 Å². The van der Waals surface area contributed by atoms with Crippen molar-refractivity contribution in [3.63, 3.8) is 0 Å². The molecule has 188 valence electrons. The number of nitriles is 2. The third-order valence-corrected chi connectivity index (χ3v) is 7.94. The highest BCUT2D eigenvalue weighted by Crippen LogP contribution is 2.32. The summed E-state index contributed by atoms with van der Waals surface area (Å²) in [5, 5.41) is 18.9. The molecule has 1 aliphatic carbocycles. The zero-order valence-electron chi connectivity index (χ0n) is 21.4. The Balaban J connectivity index is 1.50. The van der Waals surface area contributed by atoms with Gasteiger partial charge in [0.1, 0.15) is 12.1 Å². The molecule has 3 fully saturated rings. The monoisotopic (exact) mass is 470 g/mol. The Hall–Kier alpha value is -2.16. The van der Waals surface area contributed by atoms with Crippen molar-refractivity contribution in [3.05, 3.63) is 0 Å². The van der Waals surface area contributed by atoms with Crippen LogP contribution in [0.2, 0.25) is 0 Å². The first-order valence-corrected chi connectivity index (χ1v) is 13.1. The molecule has 2 aliphatic heterocycles. The van der Waals surface area contributed by atoms with Gasteiger partial charge >= 0.3 is 0 Å². The zero-order valence-corrected chi connectivity index (χ0v) is 21.4. The van der Waals surface area contributed by atoms with E-state index in [4.69, 9.17) is 0 Å². The van der Waals surface area contributed by atoms with E-state index in [9.17, 15) is 20.1 Å². The van der Waals surface area contributed by atoms with Crippen LogP contribution in [0.4, 0.5) is 0 Å². The molecule has 3 aliphatic rings. The first-order chi connectivity index (χ1) is 16.3. The Morgan fingerprint density at radius 3 is 1.32 bits per heavy atom. The fourth-order valence-electron chi connectivity index (χ4n) is 5.90. The molecule has 2 heterocycles. The van der Waals surface area contributed by atoms with Gasteiger partial charge in [0.2, 0.25) is 11.8 Å². The molecule has 1 saturated carbocycles. The van der Waals surface area contributed by atoms with Crippen LogP contribution in [0.1, 0.15) is 53.4 Å². The maximum Gasteiger partial charge on any atom is 0.225 e. The molecule has 3 rings (SSSR count). The summed E-state index contributed by atoms with van der Waals surface area (Å²) in [4.78, 5) is 34.8. The molecule has 0 bridgehead atoms. The first-order valence-electron chi connectivity index (χ1n) is 13.1. The van der Waals surface area contributed by atoms with Crippen LogP contribution < -0.4 is 0 Å². The second kappa shape index (κ2) is 12.0. The van der Waals surface area contributed by atoms with E-state index in [1.165, 1.54) is 0 Å². The average molecular weight is 471 g/mol. The molecular formula is C26H42N6O2. The average Bonchev–Trinajstić information content (AvgIpc) is 2.84. The molecule has 0 aromatic carbocycles. The second-order valence-electron chi connectivity index (χ2n) is 10.9. The molecule has 2 saturated heterocycles. The van der Waals surface area contributed by atoms with Crippen molar-refractivity contribution in [1.82, 2.24) is 19.6 Å². The van der Waals surface area contributed by atoms with Crippen molar-refractivity contribution in [2.45, 2.75) is 65.5 Å². The number of hydrogen-bond acceptors (Lipinski definition) is 6. The van der Waals surface area contributed by atoms with Gasteiger partial charge < -0.3 is 9.80 Å². The van der Waals surface area contributed by atoms with Gasteiger partial charge in [0, 0.05) is 64.2 Å². The van der Waals surface area contributed by atoms with Crippen molar-refractivity contribution in [3.8, 4) is 12.1 Å². The predicted octanol–water partition coefficient (Wildman–Crippen LogP) is 2.18. The number of hydrogen-bond donors (Lipinski definition) is 0. The third kappa shape index (κ3) is 6.09. The zero-order chi connectivity index (χ0) is 24.8. The maximum absolute atomic E-state index is 13.3. The standard InChI is InChI=1S/C26H42N6O2/c1-19(2)23(17-27)29-8-12-31(13-9-29)25(33)21-6-5-7-22(16-21)26(34)32-14-10-30(11-15-32)24(18-28)20(3)4/h19-24H,5-16H2,1-4H3. The number of nitrogens with zero attached hydrogens (tertiary/aromatic N) is 6. The van der Waals surface area contributed by atoms with Crippen molar-refractivity contribution in [2.75, 3.05) is 52.4 Å². The lowest BCUT2D eigenvalue weighted by Crippen LogP contribution is -2.55. The Morgan fingerprint density at radius 2 is 1.03 bits per heavy atom. The molecule has 0 N–H and O–H groups in total. The normalized spacial score (nSPS) is 26.7. The first kappa shape index (κ1) is 26.4. The van der Waals surface area contributed by atoms with Gasteiger partial charge in [0.05, 0.1) is 12.1 Å². The van der Waals surface area contributed by atoms with Crippen LogP contribution in [0.5, 0.6) is 0 Å². The van der Waals surface area contributed by atoms with Crippen LogP contribution in [0.3, 0.4) is 0 Å². The van der Waals surface area contributed by atoms with Crippen LogP contribution in [-0.2, 0) is 9.59 Å². The molecule has 0 spiro atoms. The summed E-state index contributed by atoms with van der Waals surface area (Å²) in [7, 11) is 0. The van der Waals surface area contributed by atoms with Gasteiger partial charge in [-0.15, -0.1) is 0 Å². The molecule has 2 amide bonds. The molecule has 8 nitrogen and oxygen atoms in total. The second-order valence-corrected chi connectivity index (χ2v) is 10.9. The number of carbonyl (C=O) groups is 2. The van der Waals surface area contributed by atoms with Crippen molar-refractivity contribution < 1.29 is 9.59 Å². The lowest BCUT2D eigenvalue weighted by Gasteiger charge is -2.41. The molecule has 0 aromatic rings. The summed E-state index contributed by atoms with van der Waals surface area (Å²) in [5.41, 5.74) is 0. The summed E-state index contributed by atoms with van der Waals surface area (Å²) in [6, 6.07) is 4.62. The Kier molecular flexibility index (Phi) is 9.33. The fourth-order valence-corrected chi connectivity index (χ4v) is 5.90. The topological polar surface area (TPSA) is 94.7 Å². The van der Waals surface area contributed by atoms with Crippen LogP contribution in [-0.4, -0.2) is 95.9 Å². The van der Waals surface area contributed by atoms with E-state index in [1.807, 2.05) is 9.80 Å². The molecule has 34 heavy (non-hydrogen) atoms. The Morgan fingerprint density at radius 1 is 0.676 bits per heavy atom. The smallest absolute Gasteiger partial charge is 0.225 e. The summed E-state index contributed by atoms with van der Waals surface area (Å²) < 4.78 is 0. The van der Waals surface area contributed by atoms with Crippen molar-refractivity contribution in [2.24, 2.45) is 23.7 Å². The van der Waals surface area contributed by atoms with Gasteiger partial charge in [-0.1, -0.05) is 34.1 Å². The highest BCUT2D eigenvalue weighted by Gasteiger charge is 2.37. The van der Waals surface area contributed by atoms with Crippen LogP contribution in [0.15, 0.2) is 0 Å². The SMILES string of the molecule is CC(C)C(C#N)N1CCN(C(=O)C2CCCC(C(=O)N3CCN(C(C#N)C(C)C)CC3)C2)CC1. The Labute approximate surface area is 205 Å². The van der Waals surface area contributed by atoms with E-state index in [-0.39, 0.29) is 47.6 Å². The molecule has 0 radical (unpaired) electrons. The van der Waals surface area contributed by atoms with Gasteiger partial charge in [-0.25, -0.2) is 0 Å². The summed E-state index contributed by atoms with van der Waals surface area (Å²) >= 11 is 0. The minimum absolute atomic E-state index is 0.0729. The predicted molar refractivity (Wildman–Crippen MR) is 130 cm³/mol. The molecule has 4 unspecified atom stereocenters. The quantitative estimate of drug-likeness (QED) is 0.591. The number of rotatable bonds is 6. The number of piperazine rings is 2. The van der Waals surface area contributed by atoms with E-state index in [1.54, 1.807) is 0 Å². The van der Waals surface area contributed by atoms with E-state index >= 15 is 0 Å². The fraction of sp³-hybridized carbons (Fsp3) is 0.846. The van der Waals surface area contributed by atoms with E-state index in [0.29, 0.717) is 32.6 Å². The lowest BCUT2D eigenvalue weighted by molar-refractivity contribution is -0.143. The highest BCUT2D eigenvalue weighted by atomic mass is 16.2. The molecule has 0 aromatic heterocycles. The van der Waals surface area contributed by atoms with Gasteiger partial charge in [0.15, 0.2) is 0 Å². The van der Waals surface area contributed by atoms with Gasteiger partial charge in [-0.05, 0) is 31.1 Å². The molecule has 8 heteroatoms. The summed E-state index contributed by atoms with van der Waals surface area (Å²) in [6.07, 6.45) is 3.29. The van der Waals surface area contributed by atoms with E-state index in [2.05, 4.69) is 49.6 Å². The van der Waals surface area contributed by atoms with E-state index < -0.39 is 0 Å². The van der Waals surface area contributed by atoms with Gasteiger partial charge in [-0.2, -0.15) is 10.5 Å². The van der Waals surface area contributed by atoms with Crippen LogP contribution in [0, 0.1) is 46.3 Å². The minimum atomic E-state index is -0.0987. The maximum atomic E-state index is 13.3.